The Labute approximate surface area is 96.8 Å². The zero-order valence-corrected chi connectivity index (χ0v) is 9.19. The summed E-state index contributed by atoms with van der Waals surface area (Å²) < 4.78 is 0. The van der Waals surface area contributed by atoms with E-state index in [2.05, 4.69) is 0 Å². The van der Waals surface area contributed by atoms with Crippen LogP contribution in [0.25, 0.3) is 0 Å². The molecular formula is C11H9ClO4. The van der Waals surface area contributed by atoms with Crippen LogP contribution in [0, 0.1) is 5.92 Å². The lowest BCUT2D eigenvalue weighted by molar-refractivity contribution is -0.150. The summed E-state index contributed by atoms with van der Waals surface area (Å²) >= 11 is 5.77. The third-order valence-electron chi connectivity index (χ3n) is 2.14. The van der Waals surface area contributed by atoms with E-state index in [9.17, 15) is 14.4 Å². The summed E-state index contributed by atoms with van der Waals surface area (Å²) in [7, 11) is 0. The van der Waals surface area contributed by atoms with Crippen LogP contribution in [0.15, 0.2) is 24.3 Å². The molecule has 84 valence electrons. The number of ketones is 2. The number of aliphatic carboxylic acids is 1. The highest BCUT2D eigenvalue weighted by molar-refractivity contribution is 6.40. The van der Waals surface area contributed by atoms with Crippen molar-refractivity contribution in [3.8, 4) is 0 Å². The highest BCUT2D eigenvalue weighted by Crippen LogP contribution is 2.19. The molecule has 1 rings (SSSR count). The van der Waals surface area contributed by atoms with Crippen LogP contribution >= 0.6 is 11.6 Å². The highest BCUT2D eigenvalue weighted by Gasteiger charge is 2.28. The summed E-state index contributed by atoms with van der Waals surface area (Å²) in [6.45, 7) is 1.25. The molecule has 1 unspecified atom stereocenters. The molecule has 0 aliphatic rings. The third-order valence-corrected chi connectivity index (χ3v) is 2.47. The number of benzene rings is 1. The van der Waals surface area contributed by atoms with Gasteiger partial charge in [0.25, 0.3) is 0 Å². The molecule has 0 heterocycles. The van der Waals surface area contributed by atoms with Gasteiger partial charge in [-0.05, 0) is 19.1 Å². The monoisotopic (exact) mass is 240 g/mol. The van der Waals surface area contributed by atoms with Crippen LogP contribution in [0.3, 0.4) is 0 Å². The van der Waals surface area contributed by atoms with E-state index >= 15 is 0 Å². The molecule has 0 fully saturated rings. The van der Waals surface area contributed by atoms with Crippen molar-refractivity contribution in [2.75, 3.05) is 0 Å². The van der Waals surface area contributed by atoms with Gasteiger partial charge in [-0.1, -0.05) is 23.7 Å². The molecule has 0 aliphatic heterocycles. The van der Waals surface area contributed by atoms with Crippen molar-refractivity contribution in [3.05, 3.63) is 34.9 Å². The number of carbonyl (C=O) groups excluding carboxylic acids is 2. The van der Waals surface area contributed by atoms with Crippen molar-refractivity contribution < 1.29 is 19.5 Å². The van der Waals surface area contributed by atoms with Crippen molar-refractivity contribution in [2.45, 2.75) is 6.92 Å². The second kappa shape index (κ2) is 4.90. The number of carboxylic acids is 1. The fourth-order valence-corrected chi connectivity index (χ4v) is 1.43. The second-order valence-corrected chi connectivity index (χ2v) is 3.64. The standard InChI is InChI=1S/C11H9ClO4/c1-6(10(14)11(15)16)9(13)7-4-2-3-5-8(7)12/h2-6H,1H3,(H,15,16). The molecule has 0 bridgehead atoms. The first-order valence-electron chi connectivity index (χ1n) is 4.51. The van der Waals surface area contributed by atoms with Crippen LogP contribution in [-0.4, -0.2) is 22.6 Å². The summed E-state index contributed by atoms with van der Waals surface area (Å²) in [5.41, 5.74) is 0.159. The summed E-state index contributed by atoms with van der Waals surface area (Å²) in [6, 6.07) is 6.20. The third kappa shape index (κ3) is 2.46. The van der Waals surface area contributed by atoms with E-state index in [4.69, 9.17) is 16.7 Å². The van der Waals surface area contributed by atoms with Gasteiger partial charge in [0.1, 0.15) is 0 Å². The second-order valence-electron chi connectivity index (χ2n) is 3.24. The molecule has 0 amide bonds. The molecule has 0 spiro atoms. The molecule has 0 radical (unpaired) electrons. The lowest BCUT2D eigenvalue weighted by Crippen LogP contribution is -2.27. The first-order valence-corrected chi connectivity index (χ1v) is 4.88. The molecule has 5 heteroatoms. The first-order chi connectivity index (χ1) is 7.45. The molecule has 1 N–H and O–H groups in total. The van der Waals surface area contributed by atoms with Gasteiger partial charge in [0.2, 0.25) is 5.78 Å². The molecule has 0 saturated carbocycles. The van der Waals surface area contributed by atoms with Gasteiger partial charge in [0.15, 0.2) is 5.78 Å². The van der Waals surface area contributed by atoms with Crippen LogP contribution < -0.4 is 0 Å². The first kappa shape index (κ1) is 12.4. The smallest absolute Gasteiger partial charge is 0.372 e. The van der Waals surface area contributed by atoms with Crippen LogP contribution in [0.4, 0.5) is 0 Å². The number of halogens is 1. The van der Waals surface area contributed by atoms with Crippen molar-refractivity contribution in [3.63, 3.8) is 0 Å². The minimum atomic E-state index is -1.62. The lowest BCUT2D eigenvalue weighted by Gasteiger charge is -2.07. The minimum Gasteiger partial charge on any atom is -0.475 e. The van der Waals surface area contributed by atoms with Crippen molar-refractivity contribution >= 4 is 29.1 Å². The predicted molar refractivity (Wildman–Crippen MR) is 57.6 cm³/mol. The quantitative estimate of drug-likeness (QED) is 0.495. The number of carbonyl (C=O) groups is 3. The van der Waals surface area contributed by atoms with Crippen LogP contribution in [0.2, 0.25) is 5.02 Å². The fourth-order valence-electron chi connectivity index (χ4n) is 1.20. The Hall–Kier alpha value is -1.68. The van der Waals surface area contributed by atoms with Crippen LogP contribution in [0.5, 0.6) is 0 Å². The van der Waals surface area contributed by atoms with Crippen molar-refractivity contribution in [1.29, 1.82) is 0 Å². The molecule has 1 aromatic rings. The van der Waals surface area contributed by atoms with E-state index < -0.39 is 23.5 Å². The topological polar surface area (TPSA) is 71.4 Å². The summed E-state index contributed by atoms with van der Waals surface area (Å²) in [5.74, 6) is -4.56. The van der Waals surface area contributed by atoms with E-state index in [0.29, 0.717) is 0 Å². The average Bonchev–Trinajstić information content (AvgIpc) is 2.26. The van der Waals surface area contributed by atoms with Crippen molar-refractivity contribution in [2.24, 2.45) is 5.92 Å². The number of hydrogen-bond acceptors (Lipinski definition) is 3. The molecule has 4 nitrogen and oxygen atoms in total. The fraction of sp³-hybridized carbons (Fsp3) is 0.182. The molecule has 1 atom stereocenters. The maximum atomic E-state index is 11.7. The van der Waals surface area contributed by atoms with Gasteiger partial charge in [-0.15, -0.1) is 0 Å². The van der Waals surface area contributed by atoms with Gasteiger partial charge in [-0.2, -0.15) is 0 Å². The van der Waals surface area contributed by atoms with E-state index in [0.717, 1.165) is 0 Å². The Morgan fingerprint density at radius 1 is 1.25 bits per heavy atom. The number of hydrogen-bond donors (Lipinski definition) is 1. The van der Waals surface area contributed by atoms with Gasteiger partial charge in [-0.25, -0.2) is 4.79 Å². The number of rotatable bonds is 4. The predicted octanol–water partition coefficient (Wildman–Crippen LogP) is 1.81. The van der Waals surface area contributed by atoms with Gasteiger partial charge >= 0.3 is 5.97 Å². The molecular weight excluding hydrogens is 232 g/mol. The van der Waals surface area contributed by atoms with E-state index in [1.54, 1.807) is 12.1 Å². The Morgan fingerprint density at radius 2 is 1.81 bits per heavy atom. The highest BCUT2D eigenvalue weighted by atomic mass is 35.5. The maximum absolute atomic E-state index is 11.7. The molecule has 16 heavy (non-hydrogen) atoms. The number of carboxylic acid groups (broad SMARTS) is 1. The van der Waals surface area contributed by atoms with E-state index in [1.807, 2.05) is 0 Å². The summed E-state index contributed by atoms with van der Waals surface area (Å²) in [5, 5.41) is 8.69. The molecule has 0 aromatic heterocycles. The molecule has 0 saturated heterocycles. The van der Waals surface area contributed by atoms with Crippen molar-refractivity contribution in [1.82, 2.24) is 0 Å². The lowest BCUT2D eigenvalue weighted by atomic mass is 9.95. The molecule has 0 aliphatic carbocycles. The normalized spacial score (nSPS) is 11.9. The summed E-state index contributed by atoms with van der Waals surface area (Å²) in [4.78, 5) is 33.3. The van der Waals surface area contributed by atoms with Gasteiger partial charge in [0, 0.05) is 5.56 Å². The van der Waals surface area contributed by atoms with E-state index in [1.165, 1.54) is 19.1 Å². The van der Waals surface area contributed by atoms with E-state index in [-0.39, 0.29) is 10.6 Å². The zero-order valence-electron chi connectivity index (χ0n) is 8.44. The Balaban J connectivity index is 3.00. The zero-order chi connectivity index (χ0) is 12.3. The minimum absolute atomic E-state index is 0.159. The van der Waals surface area contributed by atoms with Gasteiger partial charge < -0.3 is 5.11 Å². The van der Waals surface area contributed by atoms with Gasteiger partial charge in [0.05, 0.1) is 10.9 Å². The summed E-state index contributed by atoms with van der Waals surface area (Å²) in [6.07, 6.45) is 0. The largest absolute Gasteiger partial charge is 0.475 e. The van der Waals surface area contributed by atoms with Crippen LogP contribution in [-0.2, 0) is 9.59 Å². The average molecular weight is 241 g/mol. The SMILES string of the molecule is CC(C(=O)C(=O)O)C(=O)c1ccccc1Cl. The maximum Gasteiger partial charge on any atom is 0.372 e. The van der Waals surface area contributed by atoms with Gasteiger partial charge in [-0.3, -0.25) is 9.59 Å². The number of Topliss-reactive ketones (excluding diaryl/α,β-unsaturated/α-hetero) is 2. The Morgan fingerprint density at radius 3 is 2.31 bits per heavy atom. The van der Waals surface area contributed by atoms with Crippen LogP contribution in [0.1, 0.15) is 17.3 Å². The molecule has 1 aromatic carbocycles. The Kier molecular flexibility index (Phi) is 3.79. The Bertz CT molecular complexity index is 453.